The second kappa shape index (κ2) is 4.75. The minimum atomic E-state index is 0.625. The van der Waals surface area contributed by atoms with Crippen LogP contribution in [-0.4, -0.2) is 16.1 Å². The maximum Gasteiger partial charge on any atom is 0.0397 e. The summed E-state index contributed by atoms with van der Waals surface area (Å²) in [5, 5.41) is 0. The third-order valence-corrected chi connectivity index (χ3v) is 3.46. The smallest absolute Gasteiger partial charge is 0.0397 e. The molecule has 0 saturated heterocycles. The molecule has 0 aromatic carbocycles. The summed E-state index contributed by atoms with van der Waals surface area (Å²) in [6.07, 6.45) is 0. The summed E-state index contributed by atoms with van der Waals surface area (Å²) in [6, 6.07) is 5.02. The molecule has 74 valence electrons. The van der Waals surface area contributed by atoms with Crippen molar-refractivity contribution >= 4 is 11.8 Å². The Labute approximate surface area is 85.5 Å². The third-order valence-electron chi connectivity index (χ3n) is 2.33. The SMILES string of the molecule is CCSCC(C)n1c(C)ccc1C. The standard InChI is InChI=1S/C11H19NS/c1-5-13-8-11(4)12-9(2)6-7-10(12)3/h6-7,11H,5,8H2,1-4H3. The van der Waals surface area contributed by atoms with Gasteiger partial charge in [-0.25, -0.2) is 0 Å². The van der Waals surface area contributed by atoms with Crippen LogP contribution in [-0.2, 0) is 0 Å². The van der Waals surface area contributed by atoms with Gasteiger partial charge in [0.2, 0.25) is 0 Å². The van der Waals surface area contributed by atoms with Crippen molar-refractivity contribution in [3.05, 3.63) is 23.5 Å². The normalized spacial score (nSPS) is 13.2. The first-order valence-electron chi connectivity index (χ1n) is 4.89. The van der Waals surface area contributed by atoms with Crippen molar-refractivity contribution in [1.82, 2.24) is 4.57 Å². The second-order valence-electron chi connectivity index (χ2n) is 3.49. The zero-order chi connectivity index (χ0) is 9.84. The van der Waals surface area contributed by atoms with Crippen molar-refractivity contribution in [2.45, 2.75) is 33.7 Å². The van der Waals surface area contributed by atoms with E-state index in [1.807, 2.05) is 11.8 Å². The molecule has 0 aliphatic rings. The molecule has 0 saturated carbocycles. The molecule has 0 N–H and O–H groups in total. The van der Waals surface area contributed by atoms with Gasteiger partial charge in [-0.1, -0.05) is 6.92 Å². The topological polar surface area (TPSA) is 4.93 Å². The molecular weight excluding hydrogens is 178 g/mol. The lowest BCUT2D eigenvalue weighted by Gasteiger charge is -2.17. The minimum Gasteiger partial charge on any atom is -0.346 e. The van der Waals surface area contributed by atoms with E-state index in [0.717, 1.165) is 0 Å². The lowest BCUT2D eigenvalue weighted by molar-refractivity contribution is 0.583. The van der Waals surface area contributed by atoms with Crippen LogP contribution in [0, 0.1) is 13.8 Å². The van der Waals surface area contributed by atoms with Crippen molar-refractivity contribution in [2.24, 2.45) is 0 Å². The van der Waals surface area contributed by atoms with Crippen molar-refractivity contribution in [2.75, 3.05) is 11.5 Å². The molecule has 1 aromatic heterocycles. The molecule has 0 radical (unpaired) electrons. The fourth-order valence-corrected chi connectivity index (χ4v) is 2.46. The fourth-order valence-electron chi connectivity index (χ4n) is 1.74. The summed E-state index contributed by atoms with van der Waals surface area (Å²) in [5.41, 5.74) is 2.75. The van der Waals surface area contributed by atoms with Gasteiger partial charge in [-0.3, -0.25) is 0 Å². The second-order valence-corrected chi connectivity index (χ2v) is 4.81. The van der Waals surface area contributed by atoms with Crippen LogP contribution in [0.3, 0.4) is 0 Å². The van der Waals surface area contributed by atoms with Crippen LogP contribution in [0.4, 0.5) is 0 Å². The van der Waals surface area contributed by atoms with Gasteiger partial charge in [0.25, 0.3) is 0 Å². The molecule has 0 aliphatic carbocycles. The van der Waals surface area contributed by atoms with E-state index < -0.39 is 0 Å². The summed E-state index contributed by atoms with van der Waals surface area (Å²) in [5.74, 6) is 2.43. The van der Waals surface area contributed by atoms with E-state index in [4.69, 9.17) is 0 Å². The highest BCUT2D eigenvalue weighted by Gasteiger charge is 2.08. The number of aryl methyl sites for hydroxylation is 2. The number of hydrogen-bond donors (Lipinski definition) is 0. The molecule has 1 aromatic rings. The molecule has 1 unspecified atom stereocenters. The van der Waals surface area contributed by atoms with Gasteiger partial charge in [-0.05, 0) is 38.7 Å². The van der Waals surface area contributed by atoms with Crippen molar-refractivity contribution in [3.63, 3.8) is 0 Å². The van der Waals surface area contributed by atoms with E-state index in [9.17, 15) is 0 Å². The maximum absolute atomic E-state index is 2.42. The molecule has 2 heteroatoms. The number of thioether (sulfide) groups is 1. The largest absolute Gasteiger partial charge is 0.346 e. The van der Waals surface area contributed by atoms with Gasteiger partial charge in [-0.2, -0.15) is 11.8 Å². The Morgan fingerprint density at radius 2 is 1.85 bits per heavy atom. The van der Waals surface area contributed by atoms with E-state index in [1.165, 1.54) is 22.9 Å². The highest BCUT2D eigenvalue weighted by atomic mass is 32.2. The van der Waals surface area contributed by atoms with E-state index in [-0.39, 0.29) is 0 Å². The van der Waals surface area contributed by atoms with E-state index in [2.05, 4.69) is 44.4 Å². The minimum absolute atomic E-state index is 0.625. The summed E-state index contributed by atoms with van der Waals surface area (Å²) in [7, 11) is 0. The fraction of sp³-hybridized carbons (Fsp3) is 0.636. The van der Waals surface area contributed by atoms with Gasteiger partial charge in [0.1, 0.15) is 0 Å². The molecule has 0 spiro atoms. The van der Waals surface area contributed by atoms with E-state index in [1.54, 1.807) is 0 Å². The zero-order valence-electron chi connectivity index (χ0n) is 9.00. The van der Waals surface area contributed by atoms with Gasteiger partial charge in [0, 0.05) is 23.2 Å². The molecule has 13 heavy (non-hydrogen) atoms. The Hall–Kier alpha value is -0.370. The maximum atomic E-state index is 2.42. The predicted molar refractivity (Wildman–Crippen MR) is 61.6 cm³/mol. The highest BCUT2D eigenvalue weighted by Crippen LogP contribution is 2.19. The van der Waals surface area contributed by atoms with Crippen LogP contribution >= 0.6 is 11.8 Å². The van der Waals surface area contributed by atoms with Crippen molar-refractivity contribution in [1.29, 1.82) is 0 Å². The van der Waals surface area contributed by atoms with E-state index in [0.29, 0.717) is 6.04 Å². The highest BCUT2D eigenvalue weighted by molar-refractivity contribution is 7.99. The first-order valence-corrected chi connectivity index (χ1v) is 6.04. The van der Waals surface area contributed by atoms with Gasteiger partial charge in [0.15, 0.2) is 0 Å². The zero-order valence-corrected chi connectivity index (χ0v) is 9.82. The van der Waals surface area contributed by atoms with Crippen LogP contribution in [0.2, 0.25) is 0 Å². The third kappa shape index (κ3) is 2.53. The Bertz CT molecular complexity index is 246. The number of aromatic nitrogens is 1. The quantitative estimate of drug-likeness (QED) is 0.716. The van der Waals surface area contributed by atoms with Crippen LogP contribution in [0.5, 0.6) is 0 Å². The summed E-state index contributed by atoms with van der Waals surface area (Å²) in [4.78, 5) is 0. The van der Waals surface area contributed by atoms with Crippen molar-refractivity contribution < 1.29 is 0 Å². The van der Waals surface area contributed by atoms with Gasteiger partial charge >= 0.3 is 0 Å². The van der Waals surface area contributed by atoms with Crippen LogP contribution in [0.25, 0.3) is 0 Å². The summed E-state index contributed by atoms with van der Waals surface area (Å²) in [6.45, 7) is 8.87. The molecular formula is C11H19NS. The Morgan fingerprint density at radius 3 is 2.31 bits per heavy atom. The molecule has 1 nitrogen and oxygen atoms in total. The predicted octanol–water partition coefficient (Wildman–Crippen LogP) is 3.42. The Balaban J connectivity index is 2.69. The van der Waals surface area contributed by atoms with Crippen LogP contribution < -0.4 is 0 Å². The summed E-state index contributed by atoms with van der Waals surface area (Å²) >= 11 is 2.01. The lowest BCUT2D eigenvalue weighted by Crippen LogP contribution is -2.10. The average Bonchev–Trinajstić information content (AvgIpc) is 2.42. The molecule has 0 amide bonds. The van der Waals surface area contributed by atoms with Gasteiger partial charge in [0.05, 0.1) is 0 Å². The van der Waals surface area contributed by atoms with Gasteiger partial charge < -0.3 is 4.57 Å². The van der Waals surface area contributed by atoms with Crippen LogP contribution in [0.1, 0.15) is 31.3 Å². The molecule has 1 heterocycles. The first kappa shape index (κ1) is 10.7. The van der Waals surface area contributed by atoms with E-state index >= 15 is 0 Å². The van der Waals surface area contributed by atoms with Crippen LogP contribution in [0.15, 0.2) is 12.1 Å². The van der Waals surface area contributed by atoms with Crippen molar-refractivity contribution in [3.8, 4) is 0 Å². The molecule has 0 aliphatic heterocycles. The lowest BCUT2D eigenvalue weighted by atomic mass is 10.3. The monoisotopic (exact) mass is 197 g/mol. The molecule has 0 fully saturated rings. The number of rotatable bonds is 4. The Kier molecular flexibility index (Phi) is 3.91. The number of hydrogen-bond acceptors (Lipinski definition) is 1. The van der Waals surface area contributed by atoms with Gasteiger partial charge in [-0.15, -0.1) is 0 Å². The molecule has 1 rings (SSSR count). The Morgan fingerprint density at radius 1 is 1.31 bits per heavy atom. The molecule has 1 atom stereocenters. The summed E-state index contributed by atoms with van der Waals surface area (Å²) < 4.78 is 2.42. The average molecular weight is 197 g/mol. The molecule has 0 bridgehead atoms. The first-order chi connectivity index (χ1) is 6.16. The number of nitrogens with zero attached hydrogens (tertiary/aromatic N) is 1.